The molecule has 0 bridgehead atoms. The molecule has 162 valence electrons. The molecule has 0 fully saturated rings. The Morgan fingerprint density at radius 2 is 2.03 bits per heavy atom. The fourth-order valence-corrected chi connectivity index (χ4v) is 4.30. The maximum absolute atomic E-state index is 12.6. The molecule has 0 atom stereocenters. The molecule has 0 radical (unpaired) electrons. The first-order chi connectivity index (χ1) is 15.6. The van der Waals surface area contributed by atoms with Crippen molar-refractivity contribution in [2.45, 2.75) is 19.4 Å². The van der Waals surface area contributed by atoms with E-state index in [4.69, 9.17) is 5.10 Å². The van der Waals surface area contributed by atoms with Crippen LogP contribution in [0.1, 0.15) is 22.5 Å². The molecule has 1 aliphatic rings. The first kappa shape index (κ1) is 20.3. The molecule has 7 nitrogen and oxygen atoms in total. The fraction of sp³-hybridized carbons (Fsp3) is 0.280. The van der Waals surface area contributed by atoms with Crippen molar-refractivity contribution in [3.63, 3.8) is 0 Å². The van der Waals surface area contributed by atoms with Gasteiger partial charge < -0.3 is 10.2 Å². The van der Waals surface area contributed by atoms with Crippen molar-refractivity contribution >= 4 is 16.8 Å². The molecule has 1 aliphatic heterocycles. The normalized spacial score (nSPS) is 13.0. The van der Waals surface area contributed by atoms with Gasteiger partial charge in [0.2, 0.25) is 0 Å². The number of hydrogen-bond acceptors (Lipinski definition) is 5. The number of likely N-dealkylation sites (N-methyl/N-ethyl adjacent to an activating group) is 1. The Hall–Kier alpha value is -3.58. The second kappa shape index (κ2) is 8.51. The molecule has 0 saturated carbocycles. The lowest BCUT2D eigenvalue weighted by Crippen LogP contribution is -2.31. The zero-order valence-corrected chi connectivity index (χ0v) is 18.4. The molecular weight excluding hydrogens is 400 g/mol. The third kappa shape index (κ3) is 3.76. The molecule has 5 rings (SSSR count). The van der Waals surface area contributed by atoms with Crippen LogP contribution in [0.5, 0.6) is 0 Å². The van der Waals surface area contributed by atoms with Crippen LogP contribution in [0, 0.1) is 0 Å². The van der Waals surface area contributed by atoms with E-state index in [1.807, 2.05) is 67.7 Å². The van der Waals surface area contributed by atoms with Crippen LogP contribution in [0.3, 0.4) is 0 Å². The zero-order chi connectivity index (χ0) is 22.1. The topological polar surface area (TPSA) is 75.9 Å². The lowest BCUT2D eigenvalue weighted by atomic mass is 9.96. The molecule has 3 aromatic heterocycles. The second-order valence-corrected chi connectivity index (χ2v) is 8.36. The summed E-state index contributed by atoms with van der Waals surface area (Å²) in [5, 5.41) is 8.89. The summed E-state index contributed by atoms with van der Waals surface area (Å²) in [6, 6.07) is 13.7. The summed E-state index contributed by atoms with van der Waals surface area (Å²) in [6.45, 7) is 2.33. The Morgan fingerprint density at radius 3 is 2.84 bits per heavy atom. The number of pyridine rings is 2. The first-order valence-corrected chi connectivity index (χ1v) is 10.9. The first-order valence-electron chi connectivity index (χ1n) is 10.9. The van der Waals surface area contributed by atoms with Gasteiger partial charge in [-0.2, -0.15) is 5.10 Å². The third-order valence-corrected chi connectivity index (χ3v) is 5.87. The standard InChI is InChI=1S/C25H26N6O/c1-30(2)15-13-28-25(32)17-8-9-18-19(10-12-27-21(18)16-17)23-22-7-5-14-31(22)29-24(23)20-6-3-4-11-26-20/h3-4,6,8-12,16H,5,7,13-15H2,1-2H3,(H,28,32). The number of amides is 1. The van der Waals surface area contributed by atoms with E-state index < -0.39 is 0 Å². The third-order valence-electron chi connectivity index (χ3n) is 5.87. The van der Waals surface area contributed by atoms with E-state index in [-0.39, 0.29) is 5.91 Å². The monoisotopic (exact) mass is 426 g/mol. The maximum atomic E-state index is 12.6. The van der Waals surface area contributed by atoms with Crippen LogP contribution >= 0.6 is 0 Å². The van der Waals surface area contributed by atoms with Gasteiger partial charge in [0.25, 0.3) is 5.91 Å². The van der Waals surface area contributed by atoms with Crippen LogP contribution in [0.15, 0.2) is 54.9 Å². The Kier molecular flexibility index (Phi) is 5.41. The Bertz CT molecular complexity index is 1280. The zero-order valence-electron chi connectivity index (χ0n) is 18.4. The van der Waals surface area contributed by atoms with Crippen molar-refractivity contribution < 1.29 is 4.79 Å². The number of benzene rings is 1. The highest BCUT2D eigenvalue weighted by Crippen LogP contribution is 2.39. The fourth-order valence-electron chi connectivity index (χ4n) is 4.30. The largest absolute Gasteiger partial charge is 0.351 e. The van der Waals surface area contributed by atoms with Crippen molar-refractivity contribution in [1.82, 2.24) is 30.0 Å². The highest BCUT2D eigenvalue weighted by molar-refractivity contribution is 6.03. The van der Waals surface area contributed by atoms with E-state index in [2.05, 4.69) is 20.0 Å². The van der Waals surface area contributed by atoms with Crippen molar-refractivity contribution in [1.29, 1.82) is 0 Å². The summed E-state index contributed by atoms with van der Waals surface area (Å²) in [6.07, 6.45) is 5.70. The summed E-state index contributed by atoms with van der Waals surface area (Å²) in [7, 11) is 3.97. The molecule has 4 heterocycles. The average Bonchev–Trinajstić information content (AvgIpc) is 3.40. The number of carbonyl (C=O) groups excluding carboxylic acids is 1. The molecular formula is C25H26N6O. The predicted molar refractivity (Wildman–Crippen MR) is 125 cm³/mol. The van der Waals surface area contributed by atoms with Gasteiger partial charge in [-0.25, -0.2) is 0 Å². The van der Waals surface area contributed by atoms with Gasteiger partial charge >= 0.3 is 0 Å². The van der Waals surface area contributed by atoms with Crippen LogP contribution in [-0.4, -0.2) is 57.7 Å². The highest BCUT2D eigenvalue weighted by Gasteiger charge is 2.25. The predicted octanol–water partition coefficient (Wildman–Crippen LogP) is 3.40. The van der Waals surface area contributed by atoms with Gasteiger partial charge in [0, 0.05) is 54.2 Å². The van der Waals surface area contributed by atoms with Gasteiger partial charge in [-0.15, -0.1) is 0 Å². The Labute approximate surface area is 187 Å². The van der Waals surface area contributed by atoms with Crippen molar-refractivity contribution in [3.8, 4) is 22.5 Å². The van der Waals surface area contributed by atoms with E-state index in [9.17, 15) is 4.79 Å². The molecule has 4 aromatic rings. The molecule has 0 aliphatic carbocycles. The van der Waals surface area contributed by atoms with E-state index >= 15 is 0 Å². The van der Waals surface area contributed by atoms with Gasteiger partial charge in [0.1, 0.15) is 5.69 Å². The lowest BCUT2D eigenvalue weighted by Gasteiger charge is -2.12. The number of carbonyl (C=O) groups is 1. The van der Waals surface area contributed by atoms with Crippen LogP contribution in [-0.2, 0) is 13.0 Å². The number of aromatic nitrogens is 4. The number of aryl methyl sites for hydroxylation is 1. The number of hydrogen-bond donors (Lipinski definition) is 1. The van der Waals surface area contributed by atoms with E-state index in [0.717, 1.165) is 59.3 Å². The smallest absolute Gasteiger partial charge is 0.251 e. The Morgan fingerprint density at radius 1 is 1.12 bits per heavy atom. The van der Waals surface area contributed by atoms with E-state index in [0.29, 0.717) is 12.1 Å². The quantitative estimate of drug-likeness (QED) is 0.511. The average molecular weight is 427 g/mol. The number of fused-ring (bicyclic) bond motifs is 2. The van der Waals surface area contributed by atoms with Crippen LogP contribution in [0.4, 0.5) is 0 Å². The summed E-state index contributed by atoms with van der Waals surface area (Å²) in [5.41, 5.74) is 6.63. The molecule has 0 saturated heterocycles. The second-order valence-electron chi connectivity index (χ2n) is 8.36. The summed E-state index contributed by atoms with van der Waals surface area (Å²) >= 11 is 0. The minimum absolute atomic E-state index is 0.0819. The molecule has 1 aromatic carbocycles. The van der Waals surface area contributed by atoms with Gasteiger partial charge in [-0.1, -0.05) is 12.1 Å². The summed E-state index contributed by atoms with van der Waals surface area (Å²) in [5.74, 6) is -0.0819. The molecule has 0 unspecified atom stereocenters. The molecule has 0 spiro atoms. The van der Waals surface area contributed by atoms with Crippen LogP contribution < -0.4 is 5.32 Å². The molecule has 32 heavy (non-hydrogen) atoms. The molecule has 1 N–H and O–H groups in total. The van der Waals surface area contributed by atoms with Gasteiger partial charge in [-0.3, -0.25) is 19.4 Å². The lowest BCUT2D eigenvalue weighted by molar-refractivity contribution is 0.0951. The summed E-state index contributed by atoms with van der Waals surface area (Å²) < 4.78 is 2.11. The minimum Gasteiger partial charge on any atom is -0.351 e. The van der Waals surface area contributed by atoms with Gasteiger partial charge in [0.15, 0.2) is 0 Å². The van der Waals surface area contributed by atoms with Crippen molar-refractivity contribution in [3.05, 3.63) is 66.1 Å². The van der Waals surface area contributed by atoms with Crippen LogP contribution in [0.25, 0.3) is 33.4 Å². The van der Waals surface area contributed by atoms with Crippen LogP contribution in [0.2, 0.25) is 0 Å². The van der Waals surface area contributed by atoms with E-state index in [1.54, 1.807) is 6.20 Å². The minimum atomic E-state index is -0.0819. The van der Waals surface area contributed by atoms with Gasteiger partial charge in [0.05, 0.1) is 11.2 Å². The summed E-state index contributed by atoms with van der Waals surface area (Å²) in [4.78, 5) is 23.8. The Balaban J connectivity index is 1.57. The van der Waals surface area contributed by atoms with Crippen molar-refractivity contribution in [2.24, 2.45) is 0 Å². The van der Waals surface area contributed by atoms with Gasteiger partial charge in [-0.05, 0) is 62.8 Å². The van der Waals surface area contributed by atoms with E-state index in [1.165, 1.54) is 5.69 Å². The molecule has 1 amide bonds. The SMILES string of the molecule is CN(C)CCNC(=O)c1ccc2c(-c3c(-c4ccccn4)nn4c3CCC4)ccnc2c1. The maximum Gasteiger partial charge on any atom is 0.251 e. The molecule has 7 heteroatoms. The highest BCUT2D eigenvalue weighted by atomic mass is 16.1. The number of nitrogens with zero attached hydrogens (tertiary/aromatic N) is 5. The number of rotatable bonds is 6. The van der Waals surface area contributed by atoms with Crippen molar-refractivity contribution in [2.75, 3.05) is 27.2 Å². The number of nitrogens with one attached hydrogen (secondary N) is 1.